The van der Waals surface area contributed by atoms with Gasteiger partial charge in [0.15, 0.2) is 0 Å². The quantitative estimate of drug-likeness (QED) is 0.375. The Hall–Kier alpha value is -2.79. The minimum Gasteiger partial charge on any atom is -0.259 e. The molecule has 0 unspecified atom stereocenters. The van der Waals surface area contributed by atoms with E-state index in [2.05, 4.69) is 15.9 Å². The van der Waals surface area contributed by atoms with Gasteiger partial charge in [-0.3, -0.25) is 4.68 Å². The van der Waals surface area contributed by atoms with Gasteiger partial charge in [-0.15, -0.1) is 0 Å². The van der Waals surface area contributed by atoms with E-state index >= 15 is 0 Å². The molecule has 5 heteroatoms. The Labute approximate surface area is 164 Å². The molecule has 0 spiro atoms. The van der Waals surface area contributed by atoms with E-state index in [1.54, 1.807) is 24.3 Å². The number of aromatic nitrogens is 2. The number of halogens is 3. The summed E-state index contributed by atoms with van der Waals surface area (Å²) in [6.07, 6.45) is 0. The average Bonchev–Trinajstić information content (AvgIpc) is 3.00. The van der Waals surface area contributed by atoms with E-state index in [0.717, 1.165) is 26.9 Å². The van der Waals surface area contributed by atoms with Gasteiger partial charge in [0.1, 0.15) is 17.3 Å². The molecule has 1 heterocycles. The Morgan fingerprint density at radius 3 is 1.89 bits per heavy atom. The number of rotatable bonds is 4. The SMILES string of the molecule is Fc1ccc(-c2nn(Cc3ccccc3)c(-c3ccc(F)cc3)c2Br)cc1. The lowest BCUT2D eigenvalue weighted by Crippen LogP contribution is -2.04. The fourth-order valence-electron chi connectivity index (χ4n) is 2.99. The molecule has 3 aromatic carbocycles. The lowest BCUT2D eigenvalue weighted by Gasteiger charge is -2.08. The van der Waals surface area contributed by atoms with E-state index in [4.69, 9.17) is 5.10 Å². The summed E-state index contributed by atoms with van der Waals surface area (Å²) in [5.74, 6) is -0.583. The summed E-state index contributed by atoms with van der Waals surface area (Å²) in [7, 11) is 0. The number of nitrogens with zero attached hydrogens (tertiary/aromatic N) is 2. The number of hydrogen-bond acceptors (Lipinski definition) is 1. The molecular formula is C22H15BrF2N2. The van der Waals surface area contributed by atoms with Crippen LogP contribution in [0.25, 0.3) is 22.5 Å². The topological polar surface area (TPSA) is 17.8 Å². The molecular weight excluding hydrogens is 410 g/mol. The maximum atomic E-state index is 13.4. The summed E-state index contributed by atoms with van der Waals surface area (Å²) in [4.78, 5) is 0. The van der Waals surface area contributed by atoms with Gasteiger partial charge >= 0.3 is 0 Å². The highest BCUT2D eigenvalue weighted by Crippen LogP contribution is 2.37. The van der Waals surface area contributed by atoms with Crippen LogP contribution in [-0.2, 0) is 6.54 Å². The van der Waals surface area contributed by atoms with E-state index in [9.17, 15) is 8.78 Å². The Balaban J connectivity index is 1.86. The largest absolute Gasteiger partial charge is 0.259 e. The van der Waals surface area contributed by atoms with E-state index in [1.165, 1.54) is 24.3 Å². The van der Waals surface area contributed by atoms with Crippen LogP contribution in [0, 0.1) is 11.6 Å². The maximum absolute atomic E-state index is 13.4. The normalized spacial score (nSPS) is 10.9. The molecule has 0 N–H and O–H groups in total. The van der Waals surface area contributed by atoms with E-state index in [1.807, 2.05) is 35.0 Å². The molecule has 27 heavy (non-hydrogen) atoms. The van der Waals surface area contributed by atoms with Gasteiger partial charge in [0, 0.05) is 11.1 Å². The molecule has 1 aromatic heterocycles. The van der Waals surface area contributed by atoms with Crippen LogP contribution < -0.4 is 0 Å². The first-order valence-corrected chi connectivity index (χ1v) is 9.23. The lowest BCUT2D eigenvalue weighted by atomic mass is 10.1. The average molecular weight is 425 g/mol. The van der Waals surface area contributed by atoms with Crippen molar-refractivity contribution in [1.82, 2.24) is 9.78 Å². The van der Waals surface area contributed by atoms with Gasteiger partial charge in [-0.25, -0.2) is 8.78 Å². The van der Waals surface area contributed by atoms with Crippen molar-refractivity contribution in [3.63, 3.8) is 0 Å². The highest BCUT2D eigenvalue weighted by molar-refractivity contribution is 9.10. The van der Waals surface area contributed by atoms with Crippen molar-refractivity contribution < 1.29 is 8.78 Å². The zero-order valence-corrected chi connectivity index (χ0v) is 15.8. The third-order valence-corrected chi connectivity index (χ3v) is 5.06. The van der Waals surface area contributed by atoms with Gasteiger partial charge in [-0.1, -0.05) is 30.3 Å². The Morgan fingerprint density at radius 1 is 0.741 bits per heavy atom. The smallest absolute Gasteiger partial charge is 0.123 e. The summed E-state index contributed by atoms with van der Waals surface area (Å²) < 4.78 is 29.4. The van der Waals surface area contributed by atoms with Crippen molar-refractivity contribution >= 4 is 15.9 Å². The monoisotopic (exact) mass is 424 g/mol. The van der Waals surface area contributed by atoms with Crippen molar-refractivity contribution in [1.29, 1.82) is 0 Å². The van der Waals surface area contributed by atoms with Crippen LogP contribution in [0.15, 0.2) is 83.3 Å². The molecule has 0 atom stereocenters. The molecule has 0 saturated carbocycles. The molecule has 4 rings (SSSR count). The first kappa shape index (κ1) is 17.6. The van der Waals surface area contributed by atoms with Gasteiger partial charge in [-0.05, 0) is 70.0 Å². The predicted molar refractivity (Wildman–Crippen MR) is 106 cm³/mol. The molecule has 0 aliphatic carbocycles. The summed E-state index contributed by atoms with van der Waals surface area (Å²) in [6, 6.07) is 22.5. The molecule has 0 amide bonds. The van der Waals surface area contributed by atoms with Crippen molar-refractivity contribution in [3.05, 3.63) is 101 Å². The second-order valence-electron chi connectivity index (χ2n) is 6.17. The molecule has 0 radical (unpaired) electrons. The zero-order chi connectivity index (χ0) is 18.8. The fourth-order valence-corrected chi connectivity index (χ4v) is 3.73. The highest BCUT2D eigenvalue weighted by atomic mass is 79.9. The fraction of sp³-hybridized carbons (Fsp3) is 0.0455. The summed E-state index contributed by atoms with van der Waals surface area (Å²) >= 11 is 3.66. The van der Waals surface area contributed by atoms with E-state index in [-0.39, 0.29) is 11.6 Å². The summed E-state index contributed by atoms with van der Waals surface area (Å²) in [5.41, 5.74) is 4.31. The van der Waals surface area contributed by atoms with Crippen molar-refractivity contribution in [2.45, 2.75) is 6.54 Å². The standard InChI is InChI=1S/C22H15BrF2N2/c23-20-21(16-6-10-18(24)11-7-16)26-27(14-15-4-2-1-3-5-15)22(20)17-8-12-19(25)13-9-17/h1-13H,14H2. The first-order chi connectivity index (χ1) is 13.1. The molecule has 0 aliphatic heterocycles. The molecule has 0 saturated heterocycles. The second kappa shape index (κ2) is 7.45. The summed E-state index contributed by atoms with van der Waals surface area (Å²) in [5, 5.41) is 4.76. The van der Waals surface area contributed by atoms with Crippen molar-refractivity contribution in [2.75, 3.05) is 0 Å². The van der Waals surface area contributed by atoms with Crippen LogP contribution in [0.2, 0.25) is 0 Å². The molecule has 134 valence electrons. The van der Waals surface area contributed by atoms with E-state index in [0.29, 0.717) is 12.2 Å². The summed E-state index contributed by atoms with van der Waals surface area (Å²) in [6.45, 7) is 0.563. The third kappa shape index (κ3) is 3.69. The van der Waals surface area contributed by atoms with Gasteiger partial charge < -0.3 is 0 Å². The van der Waals surface area contributed by atoms with E-state index < -0.39 is 0 Å². The predicted octanol–water partition coefficient (Wildman–Crippen LogP) is 6.31. The van der Waals surface area contributed by atoms with Gasteiger partial charge in [0.05, 0.1) is 16.7 Å². The highest BCUT2D eigenvalue weighted by Gasteiger charge is 2.19. The minimum absolute atomic E-state index is 0.289. The van der Waals surface area contributed by atoms with Gasteiger partial charge in [0.25, 0.3) is 0 Å². The number of hydrogen-bond donors (Lipinski definition) is 0. The van der Waals surface area contributed by atoms with Crippen molar-refractivity contribution in [2.24, 2.45) is 0 Å². The Kier molecular flexibility index (Phi) is 4.86. The van der Waals surface area contributed by atoms with Crippen LogP contribution in [0.1, 0.15) is 5.56 Å². The molecule has 4 aromatic rings. The first-order valence-electron chi connectivity index (χ1n) is 8.44. The maximum Gasteiger partial charge on any atom is 0.123 e. The molecule has 0 fully saturated rings. The third-order valence-electron chi connectivity index (χ3n) is 4.31. The molecule has 0 aliphatic rings. The number of benzene rings is 3. The Bertz CT molecular complexity index is 1060. The second-order valence-corrected chi connectivity index (χ2v) is 6.96. The minimum atomic E-state index is -0.294. The van der Waals surface area contributed by atoms with Crippen LogP contribution in [0.5, 0.6) is 0 Å². The Morgan fingerprint density at radius 2 is 1.30 bits per heavy atom. The molecule has 2 nitrogen and oxygen atoms in total. The van der Waals surface area contributed by atoms with Gasteiger partial charge in [-0.2, -0.15) is 5.10 Å². The lowest BCUT2D eigenvalue weighted by molar-refractivity contribution is 0.627. The van der Waals surface area contributed by atoms with Crippen LogP contribution in [0.4, 0.5) is 8.78 Å². The van der Waals surface area contributed by atoms with Gasteiger partial charge in [0.2, 0.25) is 0 Å². The van der Waals surface area contributed by atoms with Crippen LogP contribution >= 0.6 is 15.9 Å². The zero-order valence-electron chi connectivity index (χ0n) is 14.2. The molecule has 0 bridgehead atoms. The van der Waals surface area contributed by atoms with Crippen LogP contribution in [-0.4, -0.2) is 9.78 Å². The van der Waals surface area contributed by atoms with Crippen LogP contribution in [0.3, 0.4) is 0 Å². The van der Waals surface area contributed by atoms with Crippen molar-refractivity contribution in [3.8, 4) is 22.5 Å².